The van der Waals surface area contributed by atoms with E-state index in [1.165, 1.54) is 22.3 Å². The number of rotatable bonds is 4. The lowest BCUT2D eigenvalue weighted by atomic mass is 9.66. The van der Waals surface area contributed by atoms with Crippen LogP contribution in [-0.2, 0) is 5.41 Å². The number of hydrogen-bond donors (Lipinski definition) is 0. The van der Waals surface area contributed by atoms with Crippen LogP contribution in [0.4, 0.5) is 0 Å². The van der Waals surface area contributed by atoms with Crippen molar-refractivity contribution in [2.75, 3.05) is 0 Å². The van der Waals surface area contributed by atoms with E-state index >= 15 is 0 Å². The molecule has 0 fully saturated rings. The van der Waals surface area contributed by atoms with Gasteiger partial charge in [-0.3, -0.25) is 0 Å². The van der Waals surface area contributed by atoms with Crippen LogP contribution in [0, 0.1) is 0 Å². The highest BCUT2D eigenvalue weighted by atomic mass is 16.5. The average molecular weight is 640 g/mol. The van der Waals surface area contributed by atoms with E-state index in [9.17, 15) is 0 Å². The fourth-order valence-electron chi connectivity index (χ4n) is 7.86. The van der Waals surface area contributed by atoms with Gasteiger partial charge in [0.2, 0.25) is 0 Å². The van der Waals surface area contributed by atoms with Crippen LogP contribution in [0.2, 0.25) is 0 Å². The van der Waals surface area contributed by atoms with Crippen molar-refractivity contribution in [3.8, 4) is 67.9 Å². The molecule has 0 atom stereocenters. The van der Waals surface area contributed by atoms with E-state index in [0.29, 0.717) is 17.5 Å². The zero-order valence-electron chi connectivity index (χ0n) is 27.0. The van der Waals surface area contributed by atoms with E-state index in [1.807, 2.05) is 42.5 Å². The topological polar surface area (TPSA) is 47.9 Å². The molecule has 7 aromatic carbocycles. The predicted molar refractivity (Wildman–Crippen MR) is 199 cm³/mol. The van der Waals surface area contributed by atoms with Crippen LogP contribution in [-0.4, -0.2) is 15.0 Å². The molecular formula is C46H29N3O. The molecule has 1 aromatic heterocycles. The first-order chi connectivity index (χ1) is 24.8. The summed E-state index contributed by atoms with van der Waals surface area (Å²) in [5.41, 5.74) is 11.5. The quantitative estimate of drug-likeness (QED) is 0.192. The van der Waals surface area contributed by atoms with E-state index < -0.39 is 5.41 Å². The SMILES string of the molecule is c1ccc(-c2cccc(-c3nc(-c4ccccc4)nc(-c4cccc5c4Oc4ccccc4C54c5ccccc5-c5ccccc54)n3)c2)cc1. The second-order valence-corrected chi connectivity index (χ2v) is 12.7. The van der Waals surface area contributed by atoms with Crippen molar-refractivity contribution in [2.45, 2.75) is 5.41 Å². The lowest BCUT2D eigenvalue weighted by Crippen LogP contribution is -2.32. The molecule has 0 saturated heterocycles. The van der Waals surface area contributed by atoms with Gasteiger partial charge in [0.05, 0.1) is 11.0 Å². The van der Waals surface area contributed by atoms with Gasteiger partial charge in [-0.15, -0.1) is 0 Å². The van der Waals surface area contributed by atoms with Crippen molar-refractivity contribution >= 4 is 0 Å². The van der Waals surface area contributed by atoms with Crippen LogP contribution in [0.15, 0.2) is 176 Å². The summed E-state index contributed by atoms with van der Waals surface area (Å²) in [4.78, 5) is 15.4. The van der Waals surface area contributed by atoms with Crippen molar-refractivity contribution in [3.05, 3.63) is 198 Å². The van der Waals surface area contributed by atoms with E-state index in [-0.39, 0.29) is 0 Å². The monoisotopic (exact) mass is 639 g/mol. The van der Waals surface area contributed by atoms with Crippen LogP contribution in [0.25, 0.3) is 56.4 Å². The minimum Gasteiger partial charge on any atom is -0.456 e. The summed E-state index contributed by atoms with van der Waals surface area (Å²) in [5.74, 6) is 3.35. The lowest BCUT2D eigenvalue weighted by molar-refractivity contribution is 0.437. The summed E-state index contributed by atoms with van der Waals surface area (Å²) < 4.78 is 6.95. The Morgan fingerprint density at radius 2 is 0.820 bits per heavy atom. The Kier molecular flexibility index (Phi) is 6.36. The smallest absolute Gasteiger partial charge is 0.167 e. The maximum absolute atomic E-state index is 6.95. The van der Waals surface area contributed by atoms with Gasteiger partial charge in [0, 0.05) is 22.3 Å². The number of nitrogens with zero attached hydrogens (tertiary/aromatic N) is 3. The molecule has 10 rings (SSSR count). The van der Waals surface area contributed by atoms with Gasteiger partial charge in [0.1, 0.15) is 11.5 Å². The van der Waals surface area contributed by atoms with Crippen molar-refractivity contribution in [1.29, 1.82) is 0 Å². The number of benzene rings is 7. The van der Waals surface area contributed by atoms with Gasteiger partial charge in [0.25, 0.3) is 0 Å². The van der Waals surface area contributed by atoms with Gasteiger partial charge in [0.15, 0.2) is 17.5 Å². The Bertz CT molecular complexity index is 2530. The fraction of sp³-hybridized carbons (Fsp3) is 0.0217. The van der Waals surface area contributed by atoms with E-state index in [2.05, 4.69) is 133 Å². The Hall–Kier alpha value is -6.65. The van der Waals surface area contributed by atoms with Crippen molar-refractivity contribution in [3.63, 3.8) is 0 Å². The van der Waals surface area contributed by atoms with Gasteiger partial charge < -0.3 is 4.74 Å². The third kappa shape index (κ3) is 4.22. The zero-order chi connectivity index (χ0) is 33.1. The highest BCUT2D eigenvalue weighted by Gasteiger charge is 2.51. The second kappa shape index (κ2) is 11.2. The molecule has 234 valence electrons. The molecule has 0 N–H and O–H groups in total. The predicted octanol–water partition coefficient (Wildman–Crippen LogP) is 11.0. The number of aromatic nitrogens is 3. The molecule has 4 nitrogen and oxygen atoms in total. The molecule has 2 aliphatic rings. The first kappa shape index (κ1) is 28.4. The van der Waals surface area contributed by atoms with Gasteiger partial charge in [-0.05, 0) is 51.6 Å². The van der Waals surface area contributed by atoms with E-state index in [0.717, 1.165) is 50.4 Å². The molecule has 1 aliphatic carbocycles. The molecule has 4 heteroatoms. The number of ether oxygens (including phenoxy) is 1. The summed E-state index contributed by atoms with van der Waals surface area (Å²) in [7, 11) is 0. The molecule has 0 bridgehead atoms. The molecule has 0 unspecified atom stereocenters. The highest BCUT2D eigenvalue weighted by molar-refractivity contribution is 5.90. The summed E-state index contributed by atoms with van der Waals surface area (Å²) in [6, 6.07) is 61.2. The number of hydrogen-bond acceptors (Lipinski definition) is 4. The Labute approximate surface area is 290 Å². The molecule has 1 aliphatic heterocycles. The summed E-state index contributed by atoms with van der Waals surface area (Å²) in [5, 5.41) is 0. The molecule has 8 aromatic rings. The number of para-hydroxylation sites is 2. The molecule has 0 saturated carbocycles. The Balaban J connectivity index is 1.23. The van der Waals surface area contributed by atoms with Gasteiger partial charge in [-0.25, -0.2) is 15.0 Å². The van der Waals surface area contributed by atoms with Gasteiger partial charge in [-0.1, -0.05) is 158 Å². The molecule has 1 spiro atoms. The van der Waals surface area contributed by atoms with Crippen LogP contribution in [0.1, 0.15) is 22.3 Å². The largest absolute Gasteiger partial charge is 0.456 e. The first-order valence-corrected chi connectivity index (χ1v) is 16.9. The Morgan fingerprint density at radius 1 is 0.340 bits per heavy atom. The second-order valence-electron chi connectivity index (χ2n) is 12.7. The molecule has 2 heterocycles. The van der Waals surface area contributed by atoms with Crippen LogP contribution < -0.4 is 4.74 Å². The third-order valence-corrected chi connectivity index (χ3v) is 10.0. The first-order valence-electron chi connectivity index (χ1n) is 16.9. The van der Waals surface area contributed by atoms with E-state index in [4.69, 9.17) is 19.7 Å². The molecule has 0 amide bonds. The van der Waals surface area contributed by atoms with Crippen LogP contribution in [0.3, 0.4) is 0 Å². The zero-order valence-corrected chi connectivity index (χ0v) is 27.0. The summed E-state index contributed by atoms with van der Waals surface area (Å²) in [6.07, 6.45) is 0. The van der Waals surface area contributed by atoms with Crippen molar-refractivity contribution in [1.82, 2.24) is 15.0 Å². The molecular weight excluding hydrogens is 611 g/mol. The normalized spacial score (nSPS) is 13.1. The average Bonchev–Trinajstić information content (AvgIpc) is 3.49. The molecule has 0 radical (unpaired) electrons. The number of fused-ring (bicyclic) bond motifs is 9. The third-order valence-electron chi connectivity index (χ3n) is 10.0. The maximum Gasteiger partial charge on any atom is 0.167 e. The van der Waals surface area contributed by atoms with Crippen molar-refractivity contribution < 1.29 is 4.74 Å². The Morgan fingerprint density at radius 3 is 1.54 bits per heavy atom. The van der Waals surface area contributed by atoms with E-state index in [1.54, 1.807) is 0 Å². The summed E-state index contributed by atoms with van der Waals surface area (Å²) >= 11 is 0. The lowest BCUT2D eigenvalue weighted by Gasteiger charge is -2.39. The minimum absolute atomic E-state index is 0.560. The molecule has 50 heavy (non-hydrogen) atoms. The van der Waals surface area contributed by atoms with Crippen molar-refractivity contribution in [2.24, 2.45) is 0 Å². The summed E-state index contributed by atoms with van der Waals surface area (Å²) in [6.45, 7) is 0. The maximum atomic E-state index is 6.95. The van der Waals surface area contributed by atoms with Crippen LogP contribution in [0.5, 0.6) is 11.5 Å². The van der Waals surface area contributed by atoms with Gasteiger partial charge in [-0.2, -0.15) is 0 Å². The highest BCUT2D eigenvalue weighted by Crippen LogP contribution is 2.63. The van der Waals surface area contributed by atoms with Crippen LogP contribution >= 0.6 is 0 Å². The fourth-order valence-corrected chi connectivity index (χ4v) is 7.86. The van der Waals surface area contributed by atoms with Gasteiger partial charge >= 0.3 is 0 Å². The standard InChI is InChI=1S/C46H29N3O/c1-3-15-30(16-4-1)32-19-13-20-33(29-32)44-47-43(31-17-5-2-6-18-31)48-45(49-44)36-23-14-27-40-42(36)50-41-28-12-11-26-39(41)46(40)37-24-9-7-21-34(37)35-22-8-10-25-38(35)46/h1-29H. The minimum atomic E-state index is -0.574.